The van der Waals surface area contributed by atoms with Crippen molar-refractivity contribution in [2.45, 2.75) is 12.8 Å². The van der Waals surface area contributed by atoms with E-state index in [-0.39, 0.29) is 17.3 Å². The van der Waals surface area contributed by atoms with Crippen molar-refractivity contribution in [3.05, 3.63) is 71.4 Å². The summed E-state index contributed by atoms with van der Waals surface area (Å²) >= 11 is 0. The second-order valence-electron chi connectivity index (χ2n) is 5.03. The first-order valence-electron chi connectivity index (χ1n) is 6.80. The fourth-order valence-electron chi connectivity index (χ4n) is 2.49. The zero-order valence-electron chi connectivity index (χ0n) is 11.8. The van der Waals surface area contributed by atoms with Gasteiger partial charge in [0.2, 0.25) is 0 Å². The van der Waals surface area contributed by atoms with E-state index in [1.807, 2.05) is 13.0 Å². The molecule has 5 heteroatoms. The molecule has 2 aromatic heterocycles. The van der Waals surface area contributed by atoms with Crippen LogP contribution in [0.3, 0.4) is 0 Å². The van der Waals surface area contributed by atoms with Gasteiger partial charge in [-0.1, -0.05) is 13.0 Å². The molecule has 3 rings (SSSR count). The Morgan fingerprint density at radius 2 is 2.00 bits per heavy atom. The van der Waals surface area contributed by atoms with Crippen molar-refractivity contribution in [2.75, 3.05) is 0 Å². The second-order valence-corrected chi connectivity index (χ2v) is 5.03. The lowest BCUT2D eigenvalue weighted by molar-refractivity contribution is 0.0699. The SMILES string of the molecule is CC(c1ccc2nccc(C(=O)O)c2c1)c1ncccc1F. The maximum absolute atomic E-state index is 13.9. The fraction of sp³-hybridized carbons (Fsp3) is 0.118. The topological polar surface area (TPSA) is 63.1 Å². The van der Waals surface area contributed by atoms with Crippen LogP contribution in [0, 0.1) is 5.82 Å². The average Bonchev–Trinajstić information content (AvgIpc) is 2.53. The van der Waals surface area contributed by atoms with Crippen LogP contribution in [0.4, 0.5) is 4.39 Å². The van der Waals surface area contributed by atoms with Crippen LogP contribution in [-0.4, -0.2) is 21.0 Å². The largest absolute Gasteiger partial charge is 0.478 e. The van der Waals surface area contributed by atoms with E-state index in [0.29, 0.717) is 16.6 Å². The van der Waals surface area contributed by atoms with Crippen molar-refractivity contribution < 1.29 is 14.3 Å². The highest BCUT2D eigenvalue weighted by Gasteiger charge is 2.16. The number of rotatable bonds is 3. The summed E-state index contributed by atoms with van der Waals surface area (Å²) in [5, 5.41) is 9.81. The number of carboxylic acids is 1. The van der Waals surface area contributed by atoms with Gasteiger partial charge in [0.05, 0.1) is 16.8 Å². The van der Waals surface area contributed by atoms with Gasteiger partial charge in [0.25, 0.3) is 0 Å². The number of fused-ring (bicyclic) bond motifs is 1. The summed E-state index contributed by atoms with van der Waals surface area (Å²) < 4.78 is 13.9. The Hall–Kier alpha value is -2.82. The lowest BCUT2D eigenvalue weighted by Crippen LogP contribution is -2.04. The Morgan fingerprint density at radius 1 is 1.18 bits per heavy atom. The van der Waals surface area contributed by atoms with Crippen molar-refractivity contribution in [3.63, 3.8) is 0 Å². The second kappa shape index (κ2) is 5.52. The van der Waals surface area contributed by atoms with Crippen LogP contribution in [0.5, 0.6) is 0 Å². The van der Waals surface area contributed by atoms with Gasteiger partial charge < -0.3 is 5.11 Å². The van der Waals surface area contributed by atoms with Gasteiger partial charge in [-0.25, -0.2) is 9.18 Å². The van der Waals surface area contributed by atoms with Gasteiger partial charge in [0, 0.05) is 23.7 Å². The summed E-state index contributed by atoms with van der Waals surface area (Å²) in [7, 11) is 0. The molecule has 0 saturated carbocycles. The van der Waals surface area contributed by atoms with Crippen LogP contribution in [0.1, 0.15) is 34.5 Å². The summed E-state index contributed by atoms with van der Waals surface area (Å²) in [6.45, 7) is 1.84. The summed E-state index contributed by atoms with van der Waals surface area (Å²) in [5.41, 5.74) is 1.90. The summed E-state index contributed by atoms with van der Waals surface area (Å²) in [6.07, 6.45) is 3.01. The van der Waals surface area contributed by atoms with Crippen molar-refractivity contribution in [2.24, 2.45) is 0 Å². The van der Waals surface area contributed by atoms with Gasteiger partial charge in [-0.2, -0.15) is 0 Å². The quantitative estimate of drug-likeness (QED) is 0.801. The van der Waals surface area contributed by atoms with Crippen molar-refractivity contribution >= 4 is 16.9 Å². The highest BCUT2D eigenvalue weighted by molar-refractivity contribution is 6.02. The molecule has 0 aliphatic carbocycles. The Kier molecular flexibility index (Phi) is 3.55. The van der Waals surface area contributed by atoms with Crippen LogP contribution in [-0.2, 0) is 0 Å². The molecule has 0 fully saturated rings. The monoisotopic (exact) mass is 296 g/mol. The molecule has 22 heavy (non-hydrogen) atoms. The van der Waals surface area contributed by atoms with E-state index in [9.17, 15) is 14.3 Å². The Balaban J connectivity index is 2.14. The summed E-state index contributed by atoms with van der Waals surface area (Å²) in [5.74, 6) is -1.67. The molecule has 0 aliphatic rings. The minimum atomic E-state index is -1.01. The van der Waals surface area contributed by atoms with Gasteiger partial charge in [0.15, 0.2) is 0 Å². The predicted octanol–water partition coefficient (Wildman–Crippen LogP) is 3.62. The van der Waals surface area contributed by atoms with E-state index < -0.39 is 5.97 Å². The van der Waals surface area contributed by atoms with Gasteiger partial charge in [-0.05, 0) is 35.9 Å². The molecule has 2 heterocycles. The standard InChI is InChI=1S/C17H13FN2O2/c1-10(16-14(18)3-2-7-20-16)11-4-5-15-13(9-11)12(17(21)22)6-8-19-15/h2-10H,1H3,(H,21,22). The predicted molar refractivity (Wildman–Crippen MR) is 80.4 cm³/mol. The minimum absolute atomic E-state index is 0.181. The zero-order valence-corrected chi connectivity index (χ0v) is 11.8. The zero-order chi connectivity index (χ0) is 15.7. The lowest BCUT2D eigenvalue weighted by atomic mass is 9.94. The molecule has 0 amide bonds. The number of aromatic carboxylic acids is 1. The van der Waals surface area contributed by atoms with E-state index in [1.165, 1.54) is 18.3 Å². The number of hydrogen-bond donors (Lipinski definition) is 1. The first-order chi connectivity index (χ1) is 10.6. The maximum Gasteiger partial charge on any atom is 0.336 e. The van der Waals surface area contributed by atoms with Gasteiger partial charge in [-0.3, -0.25) is 9.97 Å². The molecule has 0 aliphatic heterocycles. The van der Waals surface area contributed by atoms with Crippen molar-refractivity contribution in [3.8, 4) is 0 Å². The van der Waals surface area contributed by atoms with Gasteiger partial charge in [0.1, 0.15) is 5.82 Å². The molecule has 0 saturated heterocycles. The molecular formula is C17H13FN2O2. The molecule has 1 atom stereocenters. The average molecular weight is 296 g/mol. The molecule has 1 aromatic carbocycles. The van der Waals surface area contributed by atoms with Crippen LogP contribution >= 0.6 is 0 Å². The van der Waals surface area contributed by atoms with Crippen LogP contribution in [0.25, 0.3) is 10.9 Å². The molecular weight excluding hydrogens is 283 g/mol. The maximum atomic E-state index is 13.9. The lowest BCUT2D eigenvalue weighted by Gasteiger charge is -2.13. The van der Waals surface area contributed by atoms with Crippen LogP contribution in [0.15, 0.2) is 48.8 Å². The van der Waals surface area contributed by atoms with Crippen molar-refractivity contribution in [1.82, 2.24) is 9.97 Å². The molecule has 1 unspecified atom stereocenters. The van der Waals surface area contributed by atoms with E-state index in [2.05, 4.69) is 9.97 Å². The third-order valence-corrected chi connectivity index (χ3v) is 3.69. The Morgan fingerprint density at radius 3 is 2.73 bits per heavy atom. The smallest absolute Gasteiger partial charge is 0.336 e. The number of benzene rings is 1. The van der Waals surface area contributed by atoms with E-state index >= 15 is 0 Å². The summed E-state index contributed by atoms with van der Waals surface area (Å²) in [4.78, 5) is 19.6. The molecule has 3 aromatic rings. The number of carbonyl (C=O) groups is 1. The number of nitrogens with zero attached hydrogens (tertiary/aromatic N) is 2. The van der Waals surface area contributed by atoms with Crippen LogP contribution in [0.2, 0.25) is 0 Å². The molecule has 0 bridgehead atoms. The highest BCUT2D eigenvalue weighted by atomic mass is 19.1. The minimum Gasteiger partial charge on any atom is -0.478 e. The number of halogens is 1. The van der Waals surface area contributed by atoms with Crippen LogP contribution < -0.4 is 0 Å². The molecule has 110 valence electrons. The molecule has 0 radical (unpaired) electrons. The van der Waals surface area contributed by atoms with E-state index in [4.69, 9.17) is 0 Å². The van der Waals surface area contributed by atoms with E-state index in [0.717, 1.165) is 5.56 Å². The first kappa shape index (κ1) is 14.1. The molecule has 4 nitrogen and oxygen atoms in total. The molecule has 0 spiro atoms. The third kappa shape index (κ3) is 2.41. The summed E-state index contributed by atoms with van der Waals surface area (Å²) in [6, 6.07) is 9.67. The number of aromatic nitrogens is 2. The Labute approximate surface area is 126 Å². The van der Waals surface area contributed by atoms with Gasteiger partial charge in [-0.15, -0.1) is 0 Å². The Bertz CT molecular complexity index is 864. The normalized spacial score (nSPS) is 12.3. The number of carboxylic acid groups (broad SMARTS) is 1. The number of pyridine rings is 2. The van der Waals surface area contributed by atoms with E-state index in [1.54, 1.807) is 24.4 Å². The third-order valence-electron chi connectivity index (χ3n) is 3.69. The van der Waals surface area contributed by atoms with Crippen molar-refractivity contribution in [1.29, 1.82) is 0 Å². The van der Waals surface area contributed by atoms with Gasteiger partial charge >= 0.3 is 5.97 Å². The highest BCUT2D eigenvalue weighted by Crippen LogP contribution is 2.28. The fourth-order valence-corrected chi connectivity index (χ4v) is 2.49. The molecule has 1 N–H and O–H groups in total. The first-order valence-corrected chi connectivity index (χ1v) is 6.80. The number of hydrogen-bond acceptors (Lipinski definition) is 3.